The molecular weight excluding hydrogens is 356 g/mol. The molecule has 1 amide bonds. The fourth-order valence-electron chi connectivity index (χ4n) is 3.24. The molecule has 1 aliphatic rings. The van der Waals surface area contributed by atoms with Crippen molar-refractivity contribution < 1.29 is 19.1 Å². The van der Waals surface area contributed by atoms with Gasteiger partial charge in [0.15, 0.2) is 0 Å². The fourth-order valence-corrected chi connectivity index (χ4v) is 3.24. The second-order valence-corrected chi connectivity index (χ2v) is 6.85. The zero-order valence-corrected chi connectivity index (χ0v) is 16.2. The summed E-state index contributed by atoms with van der Waals surface area (Å²) in [6.07, 6.45) is 0.647. The van der Waals surface area contributed by atoms with E-state index in [0.29, 0.717) is 25.3 Å². The molecule has 0 radical (unpaired) electrons. The van der Waals surface area contributed by atoms with Gasteiger partial charge in [-0.1, -0.05) is 42.5 Å². The molecule has 2 aromatic carbocycles. The summed E-state index contributed by atoms with van der Waals surface area (Å²) in [5.41, 5.74) is 2.67. The third-order valence-corrected chi connectivity index (χ3v) is 4.83. The van der Waals surface area contributed by atoms with Crippen LogP contribution in [0.2, 0.25) is 0 Å². The third kappa shape index (κ3) is 5.57. The smallest absolute Gasteiger partial charge is 0.410 e. The van der Waals surface area contributed by atoms with Gasteiger partial charge in [-0.2, -0.15) is 0 Å². The van der Waals surface area contributed by atoms with Crippen molar-refractivity contribution in [2.75, 3.05) is 33.3 Å². The van der Waals surface area contributed by atoms with Crippen molar-refractivity contribution in [3.63, 3.8) is 0 Å². The molecule has 1 fully saturated rings. The summed E-state index contributed by atoms with van der Waals surface area (Å²) in [7, 11) is 1.38. The van der Waals surface area contributed by atoms with Gasteiger partial charge in [0.1, 0.15) is 6.61 Å². The number of carbonyl (C=O) groups is 2. The maximum atomic E-state index is 12.4. The molecule has 0 N–H and O–H groups in total. The summed E-state index contributed by atoms with van der Waals surface area (Å²) < 4.78 is 10.2. The highest BCUT2D eigenvalue weighted by Gasteiger charge is 2.20. The highest BCUT2D eigenvalue weighted by Crippen LogP contribution is 2.12. The fraction of sp³-hybridized carbons (Fsp3) is 0.364. The van der Waals surface area contributed by atoms with E-state index in [2.05, 4.69) is 4.90 Å². The summed E-state index contributed by atoms with van der Waals surface area (Å²) in [5.74, 6) is -0.328. The van der Waals surface area contributed by atoms with E-state index in [0.717, 1.165) is 37.2 Å². The minimum Gasteiger partial charge on any atom is -0.465 e. The van der Waals surface area contributed by atoms with Crippen LogP contribution >= 0.6 is 0 Å². The minimum atomic E-state index is -0.328. The van der Waals surface area contributed by atoms with E-state index in [1.165, 1.54) is 7.11 Å². The predicted molar refractivity (Wildman–Crippen MR) is 106 cm³/mol. The Morgan fingerprint density at radius 1 is 0.893 bits per heavy atom. The first-order valence-electron chi connectivity index (χ1n) is 9.51. The molecule has 0 unspecified atom stereocenters. The van der Waals surface area contributed by atoms with Gasteiger partial charge in [0.2, 0.25) is 0 Å². The van der Waals surface area contributed by atoms with E-state index in [1.807, 2.05) is 42.5 Å². The van der Waals surface area contributed by atoms with Gasteiger partial charge in [-0.25, -0.2) is 9.59 Å². The molecule has 1 heterocycles. The number of esters is 1. The minimum absolute atomic E-state index is 0.256. The average molecular weight is 382 g/mol. The highest BCUT2D eigenvalue weighted by atomic mass is 16.6. The Labute approximate surface area is 165 Å². The van der Waals surface area contributed by atoms with Crippen molar-refractivity contribution in [1.29, 1.82) is 0 Å². The lowest BCUT2D eigenvalue weighted by Crippen LogP contribution is -2.35. The number of rotatable bonds is 5. The van der Waals surface area contributed by atoms with E-state index in [-0.39, 0.29) is 12.1 Å². The van der Waals surface area contributed by atoms with Crippen LogP contribution in [-0.2, 0) is 22.6 Å². The van der Waals surface area contributed by atoms with Crippen LogP contribution in [0.1, 0.15) is 27.9 Å². The zero-order chi connectivity index (χ0) is 19.8. The molecule has 3 rings (SSSR count). The molecule has 0 aliphatic carbocycles. The monoisotopic (exact) mass is 382 g/mol. The average Bonchev–Trinajstić information content (AvgIpc) is 2.98. The Kier molecular flexibility index (Phi) is 7.03. The first-order valence-corrected chi connectivity index (χ1v) is 9.51. The van der Waals surface area contributed by atoms with Crippen molar-refractivity contribution >= 4 is 12.1 Å². The van der Waals surface area contributed by atoms with Gasteiger partial charge in [0.25, 0.3) is 0 Å². The standard InChI is InChI=1S/C22H26N2O4/c1-27-21(25)20-10-8-18(9-11-20)16-23-12-5-13-24(15-14-23)22(26)28-17-19-6-3-2-4-7-19/h2-4,6-11H,5,12-17H2,1H3. The van der Waals surface area contributed by atoms with Crippen molar-refractivity contribution in [3.8, 4) is 0 Å². The number of hydrogen-bond acceptors (Lipinski definition) is 5. The molecule has 0 spiro atoms. The van der Waals surface area contributed by atoms with Crippen LogP contribution in [0, 0.1) is 0 Å². The number of hydrogen-bond donors (Lipinski definition) is 0. The Morgan fingerprint density at radius 3 is 2.36 bits per heavy atom. The van der Waals surface area contributed by atoms with E-state index in [4.69, 9.17) is 9.47 Å². The molecule has 0 bridgehead atoms. The highest BCUT2D eigenvalue weighted by molar-refractivity contribution is 5.89. The normalized spacial score (nSPS) is 15.0. The van der Waals surface area contributed by atoms with Crippen LogP contribution in [0.5, 0.6) is 0 Å². The number of amides is 1. The van der Waals surface area contributed by atoms with Gasteiger partial charge in [0, 0.05) is 32.7 Å². The van der Waals surface area contributed by atoms with Crippen molar-refractivity contribution in [2.45, 2.75) is 19.6 Å². The van der Waals surface area contributed by atoms with Gasteiger partial charge in [-0.15, -0.1) is 0 Å². The van der Waals surface area contributed by atoms with E-state index >= 15 is 0 Å². The number of methoxy groups -OCH3 is 1. The summed E-state index contributed by atoms with van der Waals surface area (Å²) >= 11 is 0. The third-order valence-electron chi connectivity index (χ3n) is 4.83. The molecule has 1 saturated heterocycles. The van der Waals surface area contributed by atoms with Crippen LogP contribution < -0.4 is 0 Å². The number of nitrogens with zero attached hydrogens (tertiary/aromatic N) is 2. The Balaban J connectivity index is 1.47. The van der Waals surface area contributed by atoms with Crippen LogP contribution in [0.4, 0.5) is 4.79 Å². The largest absolute Gasteiger partial charge is 0.465 e. The quantitative estimate of drug-likeness (QED) is 0.743. The van der Waals surface area contributed by atoms with Crippen molar-refractivity contribution in [3.05, 3.63) is 71.3 Å². The molecule has 2 aromatic rings. The number of benzene rings is 2. The van der Waals surface area contributed by atoms with E-state index in [1.54, 1.807) is 17.0 Å². The van der Waals surface area contributed by atoms with Crippen LogP contribution in [-0.4, -0.2) is 55.2 Å². The van der Waals surface area contributed by atoms with Gasteiger partial charge in [-0.3, -0.25) is 4.90 Å². The molecule has 1 aliphatic heterocycles. The van der Waals surface area contributed by atoms with Crippen molar-refractivity contribution in [2.24, 2.45) is 0 Å². The maximum Gasteiger partial charge on any atom is 0.410 e. The summed E-state index contributed by atoms with van der Waals surface area (Å²) in [6.45, 7) is 4.14. The topological polar surface area (TPSA) is 59.1 Å². The molecular formula is C22H26N2O4. The van der Waals surface area contributed by atoms with Crippen LogP contribution in [0.3, 0.4) is 0 Å². The zero-order valence-electron chi connectivity index (χ0n) is 16.2. The van der Waals surface area contributed by atoms with Crippen LogP contribution in [0.25, 0.3) is 0 Å². The lowest BCUT2D eigenvalue weighted by atomic mass is 10.1. The molecule has 0 atom stereocenters. The first kappa shape index (κ1) is 19.9. The van der Waals surface area contributed by atoms with Gasteiger partial charge >= 0.3 is 12.1 Å². The van der Waals surface area contributed by atoms with E-state index < -0.39 is 0 Å². The lowest BCUT2D eigenvalue weighted by molar-refractivity contribution is 0.0600. The number of ether oxygens (including phenoxy) is 2. The summed E-state index contributed by atoms with van der Waals surface area (Å²) in [5, 5.41) is 0. The molecule has 6 heteroatoms. The number of carbonyl (C=O) groups excluding carboxylic acids is 2. The second-order valence-electron chi connectivity index (χ2n) is 6.85. The molecule has 148 valence electrons. The second kappa shape index (κ2) is 9.90. The Hall–Kier alpha value is -2.86. The molecule has 0 aromatic heterocycles. The lowest BCUT2D eigenvalue weighted by Gasteiger charge is -2.21. The summed E-state index contributed by atoms with van der Waals surface area (Å²) in [6, 6.07) is 17.2. The SMILES string of the molecule is COC(=O)c1ccc(CN2CCCN(C(=O)OCc3ccccc3)CC2)cc1. The summed E-state index contributed by atoms with van der Waals surface area (Å²) in [4.78, 5) is 28.0. The van der Waals surface area contributed by atoms with Crippen molar-refractivity contribution in [1.82, 2.24) is 9.80 Å². The van der Waals surface area contributed by atoms with Crippen LogP contribution in [0.15, 0.2) is 54.6 Å². The van der Waals surface area contributed by atoms with Gasteiger partial charge < -0.3 is 14.4 Å². The van der Waals surface area contributed by atoms with Gasteiger partial charge in [0.05, 0.1) is 12.7 Å². The molecule has 28 heavy (non-hydrogen) atoms. The van der Waals surface area contributed by atoms with Gasteiger partial charge in [-0.05, 0) is 29.7 Å². The molecule has 6 nitrogen and oxygen atoms in total. The molecule has 0 saturated carbocycles. The first-order chi connectivity index (χ1) is 13.7. The predicted octanol–water partition coefficient (Wildman–Crippen LogP) is 3.32. The Bertz CT molecular complexity index is 777. The van der Waals surface area contributed by atoms with E-state index in [9.17, 15) is 9.59 Å². The maximum absolute atomic E-state index is 12.4. The Morgan fingerprint density at radius 2 is 1.64 bits per heavy atom.